The minimum atomic E-state index is -0.251. The molecule has 0 saturated carbocycles. The second-order valence-electron chi connectivity index (χ2n) is 3.48. The molecule has 0 heterocycles. The van der Waals surface area contributed by atoms with E-state index in [-0.39, 0.29) is 11.6 Å². The first-order valence-corrected chi connectivity index (χ1v) is 5.32. The summed E-state index contributed by atoms with van der Waals surface area (Å²) in [5.41, 5.74) is 2.51. The van der Waals surface area contributed by atoms with Crippen LogP contribution < -0.4 is 11.3 Å². The molecule has 0 saturated heterocycles. The summed E-state index contributed by atoms with van der Waals surface area (Å²) < 4.78 is 11.1. The van der Waals surface area contributed by atoms with Gasteiger partial charge in [0.25, 0.3) is 0 Å². The van der Waals surface area contributed by atoms with E-state index in [0.717, 1.165) is 6.42 Å². The summed E-state index contributed by atoms with van der Waals surface area (Å²) >= 11 is 0. The van der Waals surface area contributed by atoms with Gasteiger partial charge in [0.05, 0.1) is 18.2 Å². The maximum Gasteiger partial charge on any atom is 0.0839 e. The monoisotopic (exact) mass is 204 g/mol. The molecule has 0 aliphatic carbocycles. The van der Waals surface area contributed by atoms with Gasteiger partial charge in [0, 0.05) is 13.2 Å². The Bertz CT molecular complexity index is 144. The fraction of sp³-hybridized carbons (Fsp3) is 1.00. The maximum atomic E-state index is 5.71. The lowest BCUT2D eigenvalue weighted by Gasteiger charge is -2.36. The average Bonchev–Trinajstić information content (AvgIpc) is 2.19. The third-order valence-electron chi connectivity index (χ3n) is 2.60. The van der Waals surface area contributed by atoms with E-state index < -0.39 is 0 Å². The molecule has 0 aromatic rings. The zero-order valence-electron chi connectivity index (χ0n) is 9.80. The van der Waals surface area contributed by atoms with Crippen molar-refractivity contribution in [2.24, 2.45) is 5.84 Å². The van der Waals surface area contributed by atoms with E-state index in [0.29, 0.717) is 19.8 Å². The van der Waals surface area contributed by atoms with Crippen molar-refractivity contribution < 1.29 is 9.47 Å². The second kappa shape index (κ2) is 7.17. The third-order valence-corrected chi connectivity index (χ3v) is 2.60. The molecule has 2 atom stereocenters. The molecule has 0 aromatic heterocycles. The zero-order chi connectivity index (χ0) is 11.0. The molecular weight excluding hydrogens is 180 g/mol. The van der Waals surface area contributed by atoms with E-state index >= 15 is 0 Å². The van der Waals surface area contributed by atoms with Crippen LogP contribution in [0.1, 0.15) is 34.1 Å². The first kappa shape index (κ1) is 13.8. The van der Waals surface area contributed by atoms with Gasteiger partial charge in [-0.25, -0.2) is 0 Å². The van der Waals surface area contributed by atoms with E-state index in [1.165, 1.54) is 0 Å². The largest absolute Gasteiger partial charge is 0.380 e. The van der Waals surface area contributed by atoms with Crippen LogP contribution >= 0.6 is 0 Å². The highest BCUT2D eigenvalue weighted by Crippen LogP contribution is 2.20. The molecule has 3 N–H and O–H groups in total. The molecule has 4 nitrogen and oxygen atoms in total. The molecule has 2 unspecified atom stereocenters. The molecule has 0 aromatic carbocycles. The summed E-state index contributed by atoms with van der Waals surface area (Å²) in [7, 11) is 0. The van der Waals surface area contributed by atoms with E-state index in [9.17, 15) is 0 Å². The Morgan fingerprint density at radius 2 is 1.93 bits per heavy atom. The standard InChI is InChI=1S/C10H24N2O2/c1-5-10(4,14-7-3)9(12-11)8-13-6-2/h9,12H,5-8,11H2,1-4H3. The Hall–Kier alpha value is -0.160. The molecule has 0 fully saturated rings. The Balaban J connectivity index is 4.26. The number of hydrazine groups is 1. The van der Waals surface area contributed by atoms with Crippen molar-refractivity contribution in [2.75, 3.05) is 19.8 Å². The molecule has 14 heavy (non-hydrogen) atoms. The maximum absolute atomic E-state index is 5.71. The number of ether oxygens (including phenoxy) is 2. The molecular formula is C10H24N2O2. The summed E-state index contributed by atoms with van der Waals surface area (Å²) in [6.07, 6.45) is 0.906. The number of nitrogens with two attached hydrogens (primary N) is 1. The van der Waals surface area contributed by atoms with E-state index in [1.54, 1.807) is 0 Å². The number of hydrogen-bond acceptors (Lipinski definition) is 4. The fourth-order valence-corrected chi connectivity index (χ4v) is 1.42. The predicted octanol–water partition coefficient (Wildman–Crippen LogP) is 1.06. The Labute approximate surface area is 87.1 Å². The highest BCUT2D eigenvalue weighted by atomic mass is 16.5. The van der Waals surface area contributed by atoms with Gasteiger partial charge < -0.3 is 9.47 Å². The van der Waals surface area contributed by atoms with Crippen molar-refractivity contribution in [3.8, 4) is 0 Å². The van der Waals surface area contributed by atoms with Crippen LogP contribution in [0.3, 0.4) is 0 Å². The van der Waals surface area contributed by atoms with Gasteiger partial charge in [0.15, 0.2) is 0 Å². The van der Waals surface area contributed by atoms with Crippen LogP contribution in [0.2, 0.25) is 0 Å². The lowest BCUT2D eigenvalue weighted by molar-refractivity contribution is -0.0740. The van der Waals surface area contributed by atoms with Gasteiger partial charge in [-0.15, -0.1) is 0 Å². The minimum absolute atomic E-state index is 0.0346. The van der Waals surface area contributed by atoms with Gasteiger partial charge in [-0.05, 0) is 27.2 Å². The molecule has 0 rings (SSSR count). The van der Waals surface area contributed by atoms with Crippen LogP contribution in [-0.2, 0) is 9.47 Å². The number of rotatable bonds is 8. The van der Waals surface area contributed by atoms with E-state index in [2.05, 4.69) is 19.3 Å². The second-order valence-corrected chi connectivity index (χ2v) is 3.48. The third kappa shape index (κ3) is 3.92. The average molecular weight is 204 g/mol. The van der Waals surface area contributed by atoms with Gasteiger partial charge in [-0.1, -0.05) is 6.92 Å². The van der Waals surface area contributed by atoms with Crippen LogP contribution in [0.5, 0.6) is 0 Å². The van der Waals surface area contributed by atoms with Crippen LogP contribution in [0.4, 0.5) is 0 Å². The minimum Gasteiger partial charge on any atom is -0.380 e. The van der Waals surface area contributed by atoms with Crippen LogP contribution in [-0.4, -0.2) is 31.5 Å². The lowest BCUT2D eigenvalue weighted by Crippen LogP contribution is -2.55. The molecule has 0 amide bonds. The van der Waals surface area contributed by atoms with Gasteiger partial charge in [-0.3, -0.25) is 11.3 Å². The van der Waals surface area contributed by atoms with Crippen LogP contribution in [0.25, 0.3) is 0 Å². The van der Waals surface area contributed by atoms with Crippen LogP contribution in [0, 0.1) is 0 Å². The molecule has 86 valence electrons. The van der Waals surface area contributed by atoms with Crippen molar-refractivity contribution in [3.05, 3.63) is 0 Å². The van der Waals surface area contributed by atoms with Crippen molar-refractivity contribution >= 4 is 0 Å². The first-order chi connectivity index (χ1) is 6.64. The summed E-state index contributed by atoms with van der Waals surface area (Å²) in [5.74, 6) is 5.50. The number of hydrogen-bond donors (Lipinski definition) is 2. The van der Waals surface area contributed by atoms with Crippen LogP contribution in [0.15, 0.2) is 0 Å². The SMILES string of the molecule is CCOCC(NN)C(C)(CC)OCC. The summed E-state index contributed by atoms with van der Waals surface area (Å²) in [4.78, 5) is 0. The van der Waals surface area contributed by atoms with E-state index in [1.807, 2.05) is 13.8 Å². The first-order valence-electron chi connectivity index (χ1n) is 5.32. The summed E-state index contributed by atoms with van der Waals surface area (Å²) in [5, 5.41) is 0. The molecule has 0 aliphatic rings. The topological polar surface area (TPSA) is 56.5 Å². The highest BCUT2D eigenvalue weighted by Gasteiger charge is 2.32. The zero-order valence-corrected chi connectivity index (χ0v) is 9.80. The smallest absolute Gasteiger partial charge is 0.0839 e. The van der Waals surface area contributed by atoms with E-state index in [4.69, 9.17) is 15.3 Å². The number of nitrogens with one attached hydrogen (secondary N) is 1. The predicted molar refractivity (Wildman–Crippen MR) is 57.9 cm³/mol. The quantitative estimate of drug-likeness (QED) is 0.458. The molecule has 0 radical (unpaired) electrons. The van der Waals surface area contributed by atoms with Gasteiger partial charge >= 0.3 is 0 Å². The summed E-state index contributed by atoms with van der Waals surface area (Å²) in [6.45, 7) is 10.1. The molecule has 0 aliphatic heterocycles. The Morgan fingerprint density at radius 1 is 1.29 bits per heavy atom. The molecule has 0 bridgehead atoms. The van der Waals surface area contributed by atoms with Gasteiger partial charge in [-0.2, -0.15) is 0 Å². The van der Waals surface area contributed by atoms with Gasteiger partial charge in [0.1, 0.15) is 0 Å². The Morgan fingerprint density at radius 3 is 2.29 bits per heavy atom. The molecule has 4 heteroatoms. The summed E-state index contributed by atoms with van der Waals surface area (Å²) in [6, 6.07) is 0.0346. The Kier molecular flexibility index (Phi) is 7.09. The van der Waals surface area contributed by atoms with Crippen molar-refractivity contribution in [1.82, 2.24) is 5.43 Å². The van der Waals surface area contributed by atoms with Crippen molar-refractivity contribution in [3.63, 3.8) is 0 Å². The normalized spacial score (nSPS) is 17.8. The molecule has 0 spiro atoms. The van der Waals surface area contributed by atoms with Gasteiger partial charge in [0.2, 0.25) is 0 Å². The fourth-order valence-electron chi connectivity index (χ4n) is 1.42. The highest BCUT2D eigenvalue weighted by molar-refractivity contribution is 4.87. The van der Waals surface area contributed by atoms with Crippen molar-refractivity contribution in [2.45, 2.75) is 45.8 Å². The van der Waals surface area contributed by atoms with Crippen molar-refractivity contribution in [1.29, 1.82) is 0 Å². The lowest BCUT2D eigenvalue weighted by atomic mass is 9.94.